The van der Waals surface area contributed by atoms with Gasteiger partial charge in [0.2, 0.25) is 0 Å². The standard InChI is InChI=1S/C8H11BrN4O/c1-8(3-4-8)10-7(14)5-6(9)11-12-13(5)2/h3-4H2,1-2H3,(H,10,14). The molecule has 1 aromatic heterocycles. The van der Waals surface area contributed by atoms with E-state index < -0.39 is 0 Å². The van der Waals surface area contributed by atoms with Crippen LogP contribution in [0.2, 0.25) is 0 Å². The predicted molar refractivity (Wildman–Crippen MR) is 53.8 cm³/mol. The number of aryl methyl sites for hydroxylation is 1. The topological polar surface area (TPSA) is 59.8 Å². The van der Waals surface area contributed by atoms with E-state index in [1.54, 1.807) is 7.05 Å². The van der Waals surface area contributed by atoms with Gasteiger partial charge in [-0.1, -0.05) is 5.21 Å². The lowest BCUT2D eigenvalue weighted by Gasteiger charge is -2.10. The number of hydrogen-bond donors (Lipinski definition) is 1. The van der Waals surface area contributed by atoms with Crippen LogP contribution >= 0.6 is 15.9 Å². The zero-order chi connectivity index (χ0) is 10.3. The lowest BCUT2D eigenvalue weighted by Crippen LogP contribution is -2.35. The fraction of sp³-hybridized carbons (Fsp3) is 0.625. The highest BCUT2D eigenvalue weighted by Gasteiger charge is 2.39. The molecule has 1 amide bonds. The lowest BCUT2D eigenvalue weighted by molar-refractivity contribution is 0.0925. The number of nitrogens with one attached hydrogen (secondary N) is 1. The highest BCUT2D eigenvalue weighted by Crippen LogP contribution is 2.34. The maximum atomic E-state index is 11.8. The quantitative estimate of drug-likeness (QED) is 0.856. The first-order chi connectivity index (χ1) is 6.52. The highest BCUT2D eigenvalue weighted by atomic mass is 79.9. The molecule has 14 heavy (non-hydrogen) atoms. The van der Waals surface area contributed by atoms with E-state index in [4.69, 9.17) is 0 Å². The number of hydrogen-bond acceptors (Lipinski definition) is 3. The van der Waals surface area contributed by atoms with Crippen LogP contribution in [0.15, 0.2) is 4.60 Å². The van der Waals surface area contributed by atoms with Crippen LogP contribution in [0.5, 0.6) is 0 Å². The van der Waals surface area contributed by atoms with Crippen molar-refractivity contribution < 1.29 is 4.79 Å². The van der Waals surface area contributed by atoms with E-state index in [1.165, 1.54) is 4.68 Å². The summed E-state index contributed by atoms with van der Waals surface area (Å²) in [6.45, 7) is 2.03. The molecule has 0 unspecified atom stereocenters. The van der Waals surface area contributed by atoms with Crippen molar-refractivity contribution in [3.63, 3.8) is 0 Å². The maximum absolute atomic E-state index is 11.8. The van der Waals surface area contributed by atoms with Crippen molar-refractivity contribution >= 4 is 21.8 Å². The number of amides is 1. The predicted octanol–water partition coefficient (Wildman–Crippen LogP) is 0.860. The van der Waals surface area contributed by atoms with E-state index in [0.717, 1.165) is 12.8 Å². The molecule has 1 aliphatic rings. The van der Waals surface area contributed by atoms with Crippen molar-refractivity contribution in [3.05, 3.63) is 10.3 Å². The zero-order valence-electron chi connectivity index (χ0n) is 8.04. The van der Waals surface area contributed by atoms with Crippen LogP contribution in [-0.2, 0) is 7.05 Å². The molecular weight excluding hydrogens is 248 g/mol. The smallest absolute Gasteiger partial charge is 0.272 e. The van der Waals surface area contributed by atoms with E-state index in [1.807, 2.05) is 6.92 Å². The number of rotatable bonds is 2. The summed E-state index contributed by atoms with van der Waals surface area (Å²) < 4.78 is 1.95. The Morgan fingerprint density at radius 2 is 2.29 bits per heavy atom. The third-order valence-corrected chi connectivity index (χ3v) is 2.95. The van der Waals surface area contributed by atoms with Gasteiger partial charge >= 0.3 is 0 Å². The average molecular weight is 259 g/mol. The fourth-order valence-corrected chi connectivity index (χ4v) is 1.73. The van der Waals surface area contributed by atoms with Crippen molar-refractivity contribution in [3.8, 4) is 0 Å². The molecule has 0 saturated heterocycles. The summed E-state index contributed by atoms with van der Waals surface area (Å²) in [6, 6.07) is 0. The summed E-state index contributed by atoms with van der Waals surface area (Å²) in [6.07, 6.45) is 2.09. The number of nitrogens with zero attached hydrogens (tertiary/aromatic N) is 3. The molecule has 0 aromatic carbocycles. The zero-order valence-corrected chi connectivity index (χ0v) is 9.63. The third-order valence-electron chi connectivity index (χ3n) is 2.42. The Morgan fingerprint density at radius 1 is 1.64 bits per heavy atom. The van der Waals surface area contributed by atoms with Crippen molar-refractivity contribution in [2.45, 2.75) is 25.3 Å². The summed E-state index contributed by atoms with van der Waals surface area (Å²) in [7, 11) is 1.70. The van der Waals surface area contributed by atoms with Gasteiger partial charge in [-0.3, -0.25) is 4.79 Å². The van der Waals surface area contributed by atoms with Crippen LogP contribution < -0.4 is 5.32 Å². The van der Waals surface area contributed by atoms with Gasteiger partial charge in [0.15, 0.2) is 10.3 Å². The molecule has 2 rings (SSSR count). The molecule has 1 N–H and O–H groups in total. The van der Waals surface area contributed by atoms with Crippen molar-refractivity contribution in [2.75, 3.05) is 0 Å². The van der Waals surface area contributed by atoms with Gasteiger partial charge < -0.3 is 5.32 Å². The monoisotopic (exact) mass is 258 g/mol. The molecule has 0 aliphatic heterocycles. The molecule has 0 spiro atoms. The van der Waals surface area contributed by atoms with E-state index in [0.29, 0.717) is 10.3 Å². The van der Waals surface area contributed by atoms with Crippen molar-refractivity contribution in [1.82, 2.24) is 20.3 Å². The van der Waals surface area contributed by atoms with Crippen LogP contribution in [0.1, 0.15) is 30.3 Å². The molecule has 0 radical (unpaired) electrons. The first-order valence-corrected chi connectivity index (χ1v) is 5.19. The molecule has 1 fully saturated rings. The minimum atomic E-state index is -0.121. The largest absolute Gasteiger partial charge is 0.345 e. The summed E-state index contributed by atoms with van der Waals surface area (Å²) >= 11 is 3.19. The van der Waals surface area contributed by atoms with Gasteiger partial charge in [-0.25, -0.2) is 4.68 Å². The Balaban J connectivity index is 2.18. The van der Waals surface area contributed by atoms with Crippen molar-refractivity contribution in [1.29, 1.82) is 0 Å². The third kappa shape index (κ3) is 1.66. The van der Waals surface area contributed by atoms with Crippen LogP contribution in [0.3, 0.4) is 0 Å². The number of halogens is 1. The van der Waals surface area contributed by atoms with Gasteiger partial charge in [-0.15, -0.1) is 5.10 Å². The van der Waals surface area contributed by atoms with Gasteiger partial charge in [-0.05, 0) is 35.7 Å². The highest BCUT2D eigenvalue weighted by molar-refractivity contribution is 9.10. The average Bonchev–Trinajstić information content (AvgIpc) is 2.70. The summed E-state index contributed by atoms with van der Waals surface area (Å²) in [4.78, 5) is 11.8. The maximum Gasteiger partial charge on any atom is 0.272 e. The number of carbonyl (C=O) groups excluding carboxylic acids is 1. The van der Waals surface area contributed by atoms with E-state index in [2.05, 4.69) is 31.6 Å². The SMILES string of the molecule is Cn1nnc(Br)c1C(=O)NC1(C)CC1. The first-order valence-electron chi connectivity index (χ1n) is 4.39. The van der Waals surface area contributed by atoms with Crippen LogP contribution in [0, 0.1) is 0 Å². The Kier molecular flexibility index (Phi) is 2.10. The second-order valence-electron chi connectivity index (χ2n) is 3.87. The summed E-state index contributed by atoms with van der Waals surface area (Å²) in [5.41, 5.74) is 0.457. The van der Waals surface area contributed by atoms with Crippen LogP contribution in [0.4, 0.5) is 0 Å². The molecule has 1 heterocycles. The Hall–Kier alpha value is -0.910. The molecule has 5 nitrogen and oxygen atoms in total. The Labute approximate surface area is 90.0 Å². The number of aromatic nitrogens is 3. The van der Waals surface area contributed by atoms with Gasteiger partial charge in [0.1, 0.15) is 0 Å². The molecule has 0 atom stereocenters. The van der Waals surface area contributed by atoms with Crippen LogP contribution in [-0.4, -0.2) is 26.4 Å². The second kappa shape index (κ2) is 3.05. The van der Waals surface area contributed by atoms with Gasteiger partial charge in [-0.2, -0.15) is 0 Å². The summed E-state index contributed by atoms with van der Waals surface area (Å²) in [5.74, 6) is -0.121. The van der Waals surface area contributed by atoms with E-state index in [-0.39, 0.29) is 11.4 Å². The molecular formula is C8H11BrN4O. The molecule has 1 saturated carbocycles. The van der Waals surface area contributed by atoms with E-state index in [9.17, 15) is 4.79 Å². The van der Waals surface area contributed by atoms with Gasteiger partial charge in [0, 0.05) is 12.6 Å². The molecule has 0 bridgehead atoms. The molecule has 1 aromatic rings. The number of carbonyl (C=O) groups is 1. The van der Waals surface area contributed by atoms with Gasteiger partial charge in [0.05, 0.1) is 0 Å². The minimum absolute atomic E-state index is 0.0131. The Morgan fingerprint density at radius 3 is 2.71 bits per heavy atom. The molecule has 1 aliphatic carbocycles. The van der Waals surface area contributed by atoms with Crippen molar-refractivity contribution in [2.24, 2.45) is 7.05 Å². The summed E-state index contributed by atoms with van der Waals surface area (Å²) in [5, 5.41) is 10.4. The first kappa shape index (κ1) is 9.64. The molecule has 76 valence electrons. The van der Waals surface area contributed by atoms with E-state index >= 15 is 0 Å². The van der Waals surface area contributed by atoms with Crippen LogP contribution in [0.25, 0.3) is 0 Å². The fourth-order valence-electron chi connectivity index (χ4n) is 1.22. The lowest BCUT2D eigenvalue weighted by atomic mass is 10.3. The Bertz CT molecular complexity index is 363. The minimum Gasteiger partial charge on any atom is -0.345 e. The van der Waals surface area contributed by atoms with Gasteiger partial charge in [0.25, 0.3) is 5.91 Å². The second-order valence-corrected chi connectivity index (χ2v) is 4.62. The normalized spacial score (nSPS) is 17.9. The molecule has 6 heteroatoms.